The predicted octanol–water partition coefficient (Wildman–Crippen LogP) is 4.58. The fraction of sp³-hybridized carbons (Fsp3) is 0.0556. The first kappa shape index (κ1) is 13.2. The van der Waals surface area contributed by atoms with Crippen molar-refractivity contribution in [3.05, 3.63) is 60.2 Å². The lowest BCUT2D eigenvalue weighted by atomic mass is 10.1. The van der Waals surface area contributed by atoms with E-state index in [4.69, 9.17) is 5.73 Å². The summed E-state index contributed by atoms with van der Waals surface area (Å²) in [5.41, 5.74) is 9.75. The average molecular weight is 275 g/mol. The summed E-state index contributed by atoms with van der Waals surface area (Å²) in [7, 11) is 0. The van der Waals surface area contributed by atoms with E-state index in [0.29, 0.717) is 0 Å². The number of allylic oxidation sites excluding steroid dienone is 1. The van der Waals surface area contributed by atoms with Crippen molar-refractivity contribution in [1.82, 2.24) is 4.57 Å². The Kier molecular flexibility index (Phi) is 3.32. The maximum absolute atomic E-state index is 5.78. The van der Waals surface area contributed by atoms with Crippen molar-refractivity contribution in [2.75, 3.05) is 5.73 Å². The molecular formula is C18H17N3. The molecule has 2 aromatic carbocycles. The molecule has 0 radical (unpaired) electrons. The molecule has 2 N–H and O–H groups in total. The van der Waals surface area contributed by atoms with Gasteiger partial charge in [0.05, 0.1) is 5.52 Å². The Morgan fingerprint density at radius 3 is 2.48 bits per heavy atom. The second-order valence-corrected chi connectivity index (χ2v) is 4.84. The number of nitrogens with two attached hydrogens (primary N) is 1. The number of aromatic nitrogens is 1. The number of rotatable bonds is 3. The lowest BCUT2D eigenvalue weighted by molar-refractivity contribution is 1.11. The summed E-state index contributed by atoms with van der Waals surface area (Å²) in [6, 6.07) is 16.0. The minimum atomic E-state index is 0.747. The zero-order chi connectivity index (χ0) is 14.8. The van der Waals surface area contributed by atoms with Crippen molar-refractivity contribution in [2.24, 2.45) is 4.99 Å². The third-order valence-corrected chi connectivity index (χ3v) is 3.52. The van der Waals surface area contributed by atoms with Crippen molar-refractivity contribution in [3.8, 4) is 5.69 Å². The molecule has 0 saturated carbocycles. The topological polar surface area (TPSA) is 43.3 Å². The van der Waals surface area contributed by atoms with Crippen LogP contribution < -0.4 is 5.73 Å². The Balaban J connectivity index is 2.40. The molecule has 21 heavy (non-hydrogen) atoms. The van der Waals surface area contributed by atoms with Crippen molar-refractivity contribution in [1.29, 1.82) is 0 Å². The minimum Gasteiger partial charge on any atom is -0.399 e. The van der Waals surface area contributed by atoms with Gasteiger partial charge in [-0.15, -0.1) is 0 Å². The largest absolute Gasteiger partial charge is 0.399 e. The van der Waals surface area contributed by atoms with E-state index in [1.807, 2.05) is 49.4 Å². The smallest absolute Gasteiger partial charge is 0.144 e. The van der Waals surface area contributed by atoms with E-state index in [2.05, 4.69) is 34.5 Å². The summed E-state index contributed by atoms with van der Waals surface area (Å²) in [5.74, 6) is 0.846. The Labute approximate surface area is 124 Å². The number of nitrogens with zero attached hydrogens (tertiary/aromatic N) is 2. The minimum absolute atomic E-state index is 0.747. The Morgan fingerprint density at radius 1 is 1.10 bits per heavy atom. The van der Waals surface area contributed by atoms with E-state index in [1.54, 1.807) is 0 Å². The molecule has 0 atom stereocenters. The standard InChI is InChI=1S/C18H17N3/c1-3-6-16-15-7-4-5-8-17(15)21(18(16)20-2)14-11-9-13(19)10-12-14/h3-12H,2,19H2,1H3/b6-3-. The molecule has 0 saturated heterocycles. The summed E-state index contributed by atoms with van der Waals surface area (Å²) in [4.78, 5) is 4.26. The number of hydrogen-bond donors (Lipinski definition) is 1. The normalized spacial score (nSPS) is 11.3. The van der Waals surface area contributed by atoms with E-state index >= 15 is 0 Å². The van der Waals surface area contributed by atoms with E-state index in [1.165, 1.54) is 0 Å². The molecule has 0 aliphatic carbocycles. The molecule has 0 fully saturated rings. The van der Waals surface area contributed by atoms with Gasteiger partial charge in [0.15, 0.2) is 0 Å². The molecule has 3 rings (SSSR count). The number of anilines is 1. The molecule has 1 aromatic heterocycles. The quantitative estimate of drug-likeness (QED) is 0.552. The predicted molar refractivity (Wildman–Crippen MR) is 91.6 cm³/mol. The Bertz CT molecular complexity index is 824. The molecule has 0 unspecified atom stereocenters. The van der Waals surface area contributed by atoms with Gasteiger partial charge in [0.25, 0.3) is 0 Å². The van der Waals surface area contributed by atoms with Gasteiger partial charge in [-0.25, -0.2) is 4.99 Å². The van der Waals surface area contributed by atoms with E-state index in [-0.39, 0.29) is 0 Å². The molecule has 0 aliphatic heterocycles. The summed E-state index contributed by atoms with van der Waals surface area (Å²) >= 11 is 0. The van der Waals surface area contributed by atoms with Crippen molar-refractivity contribution < 1.29 is 0 Å². The van der Waals surface area contributed by atoms with Crippen LogP contribution in [0.3, 0.4) is 0 Å². The number of fused-ring (bicyclic) bond motifs is 1. The molecule has 3 aromatic rings. The number of hydrogen-bond acceptors (Lipinski definition) is 2. The maximum Gasteiger partial charge on any atom is 0.144 e. The highest BCUT2D eigenvalue weighted by atomic mass is 15.1. The number of para-hydroxylation sites is 1. The van der Waals surface area contributed by atoms with Gasteiger partial charge in [0.2, 0.25) is 0 Å². The second-order valence-electron chi connectivity index (χ2n) is 4.84. The summed E-state index contributed by atoms with van der Waals surface area (Å²) < 4.78 is 2.11. The van der Waals surface area contributed by atoms with Crippen molar-refractivity contribution in [3.63, 3.8) is 0 Å². The van der Waals surface area contributed by atoms with Crippen LogP contribution in [-0.2, 0) is 0 Å². The van der Waals surface area contributed by atoms with E-state index in [0.717, 1.165) is 33.7 Å². The molecule has 1 heterocycles. The molecule has 104 valence electrons. The van der Waals surface area contributed by atoms with Crippen molar-refractivity contribution >= 4 is 35.2 Å². The number of nitrogen functional groups attached to an aromatic ring is 1. The Morgan fingerprint density at radius 2 is 1.81 bits per heavy atom. The second kappa shape index (κ2) is 5.29. The molecule has 0 spiro atoms. The zero-order valence-electron chi connectivity index (χ0n) is 12.0. The van der Waals surface area contributed by atoms with Crippen LogP contribution in [0.25, 0.3) is 22.7 Å². The fourth-order valence-electron chi connectivity index (χ4n) is 2.62. The molecule has 3 heteroatoms. The van der Waals surface area contributed by atoms with Crippen LogP contribution in [0.15, 0.2) is 59.6 Å². The number of benzene rings is 2. The highest BCUT2D eigenvalue weighted by Gasteiger charge is 2.15. The van der Waals surface area contributed by atoms with Gasteiger partial charge in [-0.3, -0.25) is 4.57 Å². The van der Waals surface area contributed by atoms with Crippen LogP contribution in [-0.4, -0.2) is 11.3 Å². The molecule has 0 bridgehead atoms. The lowest BCUT2D eigenvalue weighted by Crippen LogP contribution is -1.94. The SMILES string of the molecule is C=Nc1c(/C=C\C)c2ccccc2n1-c1ccc(N)cc1. The lowest BCUT2D eigenvalue weighted by Gasteiger charge is -2.08. The summed E-state index contributed by atoms with van der Waals surface area (Å²) in [6.07, 6.45) is 4.09. The fourth-order valence-corrected chi connectivity index (χ4v) is 2.62. The molecule has 0 aliphatic rings. The summed E-state index contributed by atoms with van der Waals surface area (Å²) in [6.45, 7) is 5.75. The van der Waals surface area contributed by atoms with Gasteiger partial charge >= 0.3 is 0 Å². The Hall–Kier alpha value is -2.81. The van der Waals surface area contributed by atoms with Crippen LogP contribution in [0.1, 0.15) is 12.5 Å². The van der Waals surface area contributed by atoms with Gasteiger partial charge in [0.1, 0.15) is 5.82 Å². The van der Waals surface area contributed by atoms with Gasteiger partial charge in [-0.2, -0.15) is 0 Å². The molecule has 3 nitrogen and oxygen atoms in total. The van der Waals surface area contributed by atoms with Crippen LogP contribution in [0, 0.1) is 0 Å². The van der Waals surface area contributed by atoms with Gasteiger partial charge in [0, 0.05) is 22.3 Å². The molecule has 0 amide bonds. The highest BCUT2D eigenvalue weighted by Crippen LogP contribution is 2.36. The van der Waals surface area contributed by atoms with E-state index in [9.17, 15) is 0 Å². The first-order chi connectivity index (χ1) is 10.3. The van der Waals surface area contributed by atoms with Crippen LogP contribution in [0.5, 0.6) is 0 Å². The third kappa shape index (κ3) is 2.13. The van der Waals surface area contributed by atoms with Gasteiger partial charge < -0.3 is 5.73 Å². The zero-order valence-corrected chi connectivity index (χ0v) is 12.0. The summed E-state index contributed by atoms with van der Waals surface area (Å²) in [5, 5.41) is 1.16. The number of aliphatic imine (C=N–C) groups is 1. The van der Waals surface area contributed by atoms with Gasteiger partial charge in [-0.1, -0.05) is 30.4 Å². The first-order valence-corrected chi connectivity index (χ1v) is 6.85. The third-order valence-electron chi connectivity index (χ3n) is 3.52. The van der Waals surface area contributed by atoms with E-state index < -0.39 is 0 Å². The molecular weight excluding hydrogens is 258 g/mol. The van der Waals surface area contributed by atoms with Crippen LogP contribution in [0.4, 0.5) is 11.5 Å². The van der Waals surface area contributed by atoms with Crippen LogP contribution in [0.2, 0.25) is 0 Å². The highest BCUT2D eigenvalue weighted by molar-refractivity contribution is 5.97. The van der Waals surface area contributed by atoms with Crippen LogP contribution >= 0.6 is 0 Å². The van der Waals surface area contributed by atoms with Gasteiger partial charge in [-0.05, 0) is 44.0 Å². The maximum atomic E-state index is 5.78. The first-order valence-electron chi connectivity index (χ1n) is 6.85. The van der Waals surface area contributed by atoms with Crippen molar-refractivity contribution in [2.45, 2.75) is 6.92 Å². The monoisotopic (exact) mass is 275 g/mol. The average Bonchev–Trinajstić information content (AvgIpc) is 2.83.